The molecule has 0 aliphatic rings. The summed E-state index contributed by atoms with van der Waals surface area (Å²) in [6.45, 7) is 6.64. The molecule has 5 aromatic rings. The van der Waals surface area contributed by atoms with Crippen LogP contribution in [0.4, 0.5) is 5.82 Å². The number of nitrogens with zero attached hydrogens (tertiary/aromatic N) is 4. The molecule has 0 fully saturated rings. The van der Waals surface area contributed by atoms with Gasteiger partial charge in [-0.1, -0.05) is 24.3 Å². The van der Waals surface area contributed by atoms with Gasteiger partial charge in [0.15, 0.2) is 23.1 Å². The van der Waals surface area contributed by atoms with Gasteiger partial charge in [0.25, 0.3) is 5.89 Å². The van der Waals surface area contributed by atoms with Crippen molar-refractivity contribution in [2.75, 3.05) is 32.3 Å². The van der Waals surface area contributed by atoms with Crippen LogP contribution in [0.1, 0.15) is 36.4 Å². The zero-order valence-electron chi connectivity index (χ0n) is 26.0. The zero-order valence-corrected chi connectivity index (χ0v) is 26.9. The van der Waals surface area contributed by atoms with Crippen LogP contribution in [0.2, 0.25) is 0 Å². The number of hydrogen-bond donors (Lipinski definition) is 0. The average Bonchev–Trinajstić information content (AvgIpc) is 3.80. The van der Waals surface area contributed by atoms with E-state index < -0.39 is 7.60 Å². The molecule has 0 saturated carbocycles. The predicted molar refractivity (Wildman–Crippen MR) is 172 cm³/mol. The van der Waals surface area contributed by atoms with Gasteiger partial charge in [0.05, 0.1) is 32.3 Å². The highest BCUT2D eigenvalue weighted by atomic mass is 31.2. The van der Waals surface area contributed by atoms with E-state index in [9.17, 15) is 4.57 Å². The maximum absolute atomic E-state index is 13.1. The number of furan rings is 1. The highest BCUT2D eigenvalue weighted by Crippen LogP contribution is 2.50. The molecule has 0 N–H and O–H groups in total. The summed E-state index contributed by atoms with van der Waals surface area (Å²) in [6, 6.07) is 19.1. The molecule has 11 nitrogen and oxygen atoms in total. The molecule has 0 bridgehead atoms. The van der Waals surface area contributed by atoms with Crippen molar-refractivity contribution >= 4 is 19.5 Å². The summed E-state index contributed by atoms with van der Waals surface area (Å²) in [7, 11) is 0.142. The Morgan fingerprint density at radius 2 is 1.80 bits per heavy atom. The second kappa shape index (κ2) is 14.5. The molecule has 0 spiro atoms. The molecule has 0 saturated heterocycles. The topological polar surface area (TPSA) is 114 Å². The first-order valence-electron chi connectivity index (χ1n) is 14.6. The number of aromatic nitrogens is 3. The van der Waals surface area contributed by atoms with Crippen LogP contribution in [0.5, 0.6) is 11.5 Å². The van der Waals surface area contributed by atoms with Gasteiger partial charge >= 0.3 is 7.60 Å². The lowest BCUT2D eigenvalue weighted by Gasteiger charge is -2.19. The number of methoxy groups -OCH3 is 1. The molecule has 3 heterocycles. The van der Waals surface area contributed by atoms with Crippen molar-refractivity contribution < 1.29 is 31.9 Å². The van der Waals surface area contributed by atoms with Crippen molar-refractivity contribution in [3.63, 3.8) is 0 Å². The number of para-hydroxylation sites is 1. The van der Waals surface area contributed by atoms with Gasteiger partial charge in [-0.2, -0.15) is 0 Å². The van der Waals surface area contributed by atoms with E-state index >= 15 is 0 Å². The summed E-state index contributed by atoms with van der Waals surface area (Å²) in [5.41, 5.74) is 3.29. The second-order valence-corrected chi connectivity index (χ2v) is 11.9. The molecule has 236 valence electrons. The number of aryl methyl sites for hydroxylation is 1. The molecule has 0 atom stereocenters. The Kier molecular flexibility index (Phi) is 10.2. The first-order valence-corrected chi connectivity index (χ1v) is 16.2. The fourth-order valence-electron chi connectivity index (χ4n) is 4.65. The van der Waals surface area contributed by atoms with E-state index in [0.717, 1.165) is 16.8 Å². The molecule has 12 heteroatoms. The van der Waals surface area contributed by atoms with Crippen molar-refractivity contribution in [2.45, 2.75) is 33.9 Å². The van der Waals surface area contributed by atoms with E-state index in [-0.39, 0.29) is 19.8 Å². The number of oxazole rings is 1. The zero-order chi connectivity index (χ0) is 31.8. The molecule has 0 radical (unpaired) electrons. The lowest BCUT2D eigenvalue weighted by atomic mass is 10.2. The van der Waals surface area contributed by atoms with Crippen LogP contribution in [-0.4, -0.2) is 42.1 Å². The fourth-order valence-corrected chi connectivity index (χ4v) is 5.96. The summed E-state index contributed by atoms with van der Waals surface area (Å²) >= 11 is 0. The Morgan fingerprint density at radius 1 is 1.02 bits per heavy atom. The first-order chi connectivity index (χ1) is 21.8. The average molecular weight is 633 g/mol. The minimum Gasteiger partial charge on any atom is -0.493 e. The van der Waals surface area contributed by atoms with Crippen molar-refractivity contribution in [3.05, 3.63) is 102 Å². The largest absolute Gasteiger partial charge is 0.493 e. The molecule has 0 amide bonds. The van der Waals surface area contributed by atoms with E-state index in [1.807, 2.05) is 73.6 Å². The van der Waals surface area contributed by atoms with Gasteiger partial charge in [-0.3, -0.25) is 4.57 Å². The SMILES string of the molecule is CCOP(=O)(C=Cc1cn(-c2ccccc2)nc1N(C)Cc1ccc(OCc2nc(-c3ccco3)oc2C)c(OC)c1)OCC. The molecule has 0 aliphatic heterocycles. The van der Waals surface area contributed by atoms with Crippen molar-refractivity contribution in [2.24, 2.45) is 0 Å². The monoisotopic (exact) mass is 632 g/mol. The van der Waals surface area contributed by atoms with Gasteiger partial charge in [-0.25, -0.2) is 9.67 Å². The number of rotatable bonds is 15. The van der Waals surface area contributed by atoms with E-state index in [1.165, 1.54) is 5.82 Å². The third-order valence-corrected chi connectivity index (χ3v) is 8.55. The smallest absolute Gasteiger partial charge is 0.354 e. The minimum absolute atomic E-state index is 0.200. The third kappa shape index (κ3) is 7.75. The fraction of sp³-hybridized carbons (Fsp3) is 0.273. The van der Waals surface area contributed by atoms with E-state index in [0.29, 0.717) is 47.0 Å². The van der Waals surface area contributed by atoms with Gasteiger partial charge in [0, 0.05) is 31.2 Å². The molecule has 2 aromatic carbocycles. The Bertz CT molecular complexity index is 1750. The van der Waals surface area contributed by atoms with Crippen molar-refractivity contribution in [1.29, 1.82) is 0 Å². The Hall–Kier alpha value is -4.57. The molecular formula is C33H37N4O7P. The Balaban J connectivity index is 1.35. The summed E-state index contributed by atoms with van der Waals surface area (Å²) in [4.78, 5) is 6.52. The van der Waals surface area contributed by atoms with Crippen LogP contribution in [0.3, 0.4) is 0 Å². The van der Waals surface area contributed by atoms with Gasteiger partial charge in [-0.05, 0) is 68.8 Å². The maximum atomic E-state index is 13.1. The highest BCUT2D eigenvalue weighted by molar-refractivity contribution is 7.57. The Labute approximate surface area is 262 Å². The summed E-state index contributed by atoms with van der Waals surface area (Å²) < 4.78 is 48.7. The van der Waals surface area contributed by atoms with Crippen LogP contribution in [0, 0.1) is 6.92 Å². The third-order valence-electron chi connectivity index (χ3n) is 6.80. The second-order valence-electron chi connectivity index (χ2n) is 10.0. The lowest BCUT2D eigenvalue weighted by molar-refractivity contribution is 0.229. The van der Waals surface area contributed by atoms with E-state index in [4.69, 9.17) is 32.5 Å². The number of hydrogen-bond acceptors (Lipinski definition) is 10. The molecule has 45 heavy (non-hydrogen) atoms. The number of ether oxygens (including phenoxy) is 2. The van der Waals surface area contributed by atoms with Crippen LogP contribution in [0.25, 0.3) is 23.4 Å². The molecule has 3 aromatic heterocycles. The quantitative estimate of drug-likeness (QED) is 0.106. The van der Waals surface area contributed by atoms with Crippen LogP contribution < -0.4 is 14.4 Å². The van der Waals surface area contributed by atoms with Gasteiger partial charge in [0.2, 0.25) is 0 Å². The molecular weight excluding hydrogens is 595 g/mol. The van der Waals surface area contributed by atoms with Crippen LogP contribution in [0.15, 0.2) is 87.8 Å². The maximum Gasteiger partial charge on any atom is 0.354 e. The van der Waals surface area contributed by atoms with E-state index in [1.54, 1.807) is 50.1 Å². The number of benzene rings is 2. The Morgan fingerprint density at radius 3 is 2.49 bits per heavy atom. The summed E-state index contributed by atoms with van der Waals surface area (Å²) in [5.74, 6) is 4.94. The van der Waals surface area contributed by atoms with Crippen LogP contribution >= 0.6 is 7.60 Å². The van der Waals surface area contributed by atoms with E-state index in [2.05, 4.69) is 4.98 Å². The standard InChI is InChI=1S/C33H37N4O7P/c1-6-42-45(38,43-7-2)19-17-26-22-37(27-12-9-8-10-13-27)35-32(26)36(4)21-25-15-16-29(31(20-25)39-5)41-23-28-24(3)44-33(34-28)30-14-11-18-40-30/h8-20,22H,6-7,21,23H2,1-5H3. The normalized spacial score (nSPS) is 11.8. The molecule has 0 unspecified atom stereocenters. The van der Waals surface area contributed by atoms with Crippen LogP contribution in [-0.2, 0) is 26.8 Å². The highest BCUT2D eigenvalue weighted by Gasteiger charge is 2.21. The van der Waals surface area contributed by atoms with Gasteiger partial charge < -0.3 is 32.3 Å². The summed E-state index contributed by atoms with van der Waals surface area (Å²) in [5, 5.41) is 4.86. The van der Waals surface area contributed by atoms with Gasteiger partial charge in [0.1, 0.15) is 18.1 Å². The lowest BCUT2D eigenvalue weighted by Crippen LogP contribution is -2.18. The molecule has 0 aliphatic carbocycles. The molecule has 5 rings (SSSR count). The first kappa shape index (κ1) is 31.8. The minimum atomic E-state index is -3.41. The predicted octanol–water partition coefficient (Wildman–Crippen LogP) is 7.89. The van der Waals surface area contributed by atoms with Crippen molar-refractivity contribution in [1.82, 2.24) is 14.8 Å². The van der Waals surface area contributed by atoms with Gasteiger partial charge in [-0.15, -0.1) is 5.10 Å². The summed E-state index contributed by atoms with van der Waals surface area (Å²) in [6.07, 6.45) is 5.20. The number of anilines is 1. The van der Waals surface area contributed by atoms with Crippen molar-refractivity contribution in [3.8, 4) is 28.8 Å².